The monoisotopic (exact) mass is 390 g/mol. The second-order valence-corrected chi connectivity index (χ2v) is 7.93. The molecule has 0 spiro atoms. The average Bonchev–Trinajstić information content (AvgIpc) is 2.61. The second kappa shape index (κ2) is 9.61. The van der Waals surface area contributed by atoms with Crippen molar-refractivity contribution in [3.8, 4) is 0 Å². The fraction of sp³-hybridized carbons (Fsp3) is 0.316. The highest BCUT2D eigenvalue weighted by molar-refractivity contribution is 7.89. The summed E-state index contributed by atoms with van der Waals surface area (Å²) in [6, 6.07) is 14.4. The van der Waals surface area contributed by atoms with Gasteiger partial charge in [-0.3, -0.25) is 9.69 Å². The van der Waals surface area contributed by atoms with Gasteiger partial charge in [-0.05, 0) is 36.6 Å². The third-order valence-electron chi connectivity index (χ3n) is 4.18. The van der Waals surface area contributed by atoms with E-state index >= 15 is 0 Å². The van der Waals surface area contributed by atoms with Crippen molar-refractivity contribution in [3.63, 3.8) is 0 Å². The first-order valence-corrected chi connectivity index (χ1v) is 10.2. The van der Waals surface area contributed by atoms with Crippen LogP contribution < -0.4 is 16.2 Å². The van der Waals surface area contributed by atoms with Crippen molar-refractivity contribution in [2.45, 2.75) is 18.2 Å². The van der Waals surface area contributed by atoms with E-state index in [9.17, 15) is 13.2 Å². The van der Waals surface area contributed by atoms with Gasteiger partial charge in [0.15, 0.2) is 0 Å². The molecule has 2 rings (SSSR count). The largest absolute Gasteiger partial charge is 0.329 e. The van der Waals surface area contributed by atoms with Crippen molar-refractivity contribution in [2.75, 3.05) is 31.5 Å². The molecule has 1 amide bonds. The number of carbonyl (C=O) groups excluding carboxylic acids is 1. The number of benzene rings is 2. The summed E-state index contributed by atoms with van der Waals surface area (Å²) in [7, 11) is -3.83. The molecule has 0 radical (unpaired) electrons. The minimum atomic E-state index is -3.83. The van der Waals surface area contributed by atoms with Gasteiger partial charge in [0, 0.05) is 25.3 Å². The smallest absolute Gasteiger partial charge is 0.238 e. The number of anilines is 1. The zero-order valence-corrected chi connectivity index (χ0v) is 16.2. The fourth-order valence-corrected chi connectivity index (χ4v) is 3.23. The van der Waals surface area contributed by atoms with Crippen LogP contribution in [0.5, 0.6) is 0 Å². The van der Waals surface area contributed by atoms with Crippen LogP contribution >= 0.6 is 0 Å². The van der Waals surface area contributed by atoms with Gasteiger partial charge in [0.05, 0.1) is 11.4 Å². The highest BCUT2D eigenvalue weighted by atomic mass is 32.2. The minimum Gasteiger partial charge on any atom is -0.329 e. The van der Waals surface area contributed by atoms with Crippen molar-refractivity contribution in [2.24, 2.45) is 10.9 Å². The quantitative estimate of drug-likeness (QED) is 0.592. The lowest BCUT2D eigenvalue weighted by molar-refractivity contribution is -0.117. The Bertz CT molecular complexity index is 870. The molecule has 0 aliphatic rings. The van der Waals surface area contributed by atoms with E-state index in [1.807, 2.05) is 35.2 Å². The number of amides is 1. The number of rotatable bonds is 9. The lowest BCUT2D eigenvalue weighted by Crippen LogP contribution is -2.38. The van der Waals surface area contributed by atoms with E-state index in [1.54, 1.807) is 13.0 Å². The maximum absolute atomic E-state index is 12.4. The van der Waals surface area contributed by atoms with Crippen molar-refractivity contribution >= 4 is 21.6 Å². The molecule has 0 bridgehead atoms. The van der Waals surface area contributed by atoms with Crippen molar-refractivity contribution in [3.05, 3.63) is 59.7 Å². The van der Waals surface area contributed by atoms with Crippen molar-refractivity contribution in [1.82, 2.24) is 4.90 Å². The summed E-state index contributed by atoms with van der Waals surface area (Å²) in [6.45, 7) is 3.70. The van der Waals surface area contributed by atoms with Gasteiger partial charge in [-0.1, -0.05) is 36.4 Å². The molecule has 0 saturated carbocycles. The number of primary sulfonamides is 1. The van der Waals surface area contributed by atoms with E-state index in [-0.39, 0.29) is 17.3 Å². The molecule has 0 heterocycles. The van der Waals surface area contributed by atoms with Gasteiger partial charge in [-0.15, -0.1) is 0 Å². The van der Waals surface area contributed by atoms with Gasteiger partial charge in [0.1, 0.15) is 0 Å². The van der Waals surface area contributed by atoms with E-state index in [1.165, 1.54) is 17.7 Å². The van der Waals surface area contributed by atoms with Crippen LogP contribution in [0.15, 0.2) is 53.4 Å². The molecular weight excluding hydrogens is 364 g/mol. The first-order chi connectivity index (χ1) is 12.8. The van der Waals surface area contributed by atoms with Gasteiger partial charge in [0.2, 0.25) is 15.9 Å². The molecule has 0 fully saturated rings. The molecule has 0 aliphatic heterocycles. The fourth-order valence-electron chi connectivity index (χ4n) is 2.69. The molecule has 2 aromatic carbocycles. The molecule has 2 aromatic rings. The summed E-state index contributed by atoms with van der Waals surface area (Å²) in [5, 5.41) is 7.93. The molecule has 0 atom stereocenters. The Hall–Kier alpha value is -2.26. The van der Waals surface area contributed by atoms with Gasteiger partial charge in [-0.2, -0.15) is 0 Å². The number of hydrogen-bond acceptors (Lipinski definition) is 5. The minimum absolute atomic E-state index is 0.0358. The maximum Gasteiger partial charge on any atom is 0.238 e. The Balaban J connectivity index is 2.01. The molecule has 0 saturated heterocycles. The van der Waals surface area contributed by atoms with Crippen LogP contribution in [0.3, 0.4) is 0 Å². The highest BCUT2D eigenvalue weighted by Crippen LogP contribution is 2.19. The molecule has 0 aromatic heterocycles. The Labute approximate surface area is 160 Å². The molecular formula is C19H26N4O3S. The van der Waals surface area contributed by atoms with Crippen LogP contribution in [0, 0.1) is 6.92 Å². The first kappa shape index (κ1) is 21.0. The van der Waals surface area contributed by atoms with Gasteiger partial charge >= 0.3 is 0 Å². The zero-order chi connectivity index (χ0) is 19.9. The van der Waals surface area contributed by atoms with E-state index in [2.05, 4.69) is 5.32 Å². The average molecular weight is 391 g/mol. The standard InChI is InChI=1S/C19H26N4O3S/c1-15-7-8-17(27(21,25)26)13-18(15)22-19(24)14-23(12-10-20)11-9-16-5-3-2-4-6-16/h2-8,13H,9-12,14,20H2,1H3,(H,22,24)(H2,21,25,26). The number of nitrogens with zero attached hydrogens (tertiary/aromatic N) is 1. The van der Waals surface area contributed by atoms with Gasteiger partial charge in [0.25, 0.3) is 0 Å². The zero-order valence-electron chi connectivity index (χ0n) is 15.4. The van der Waals surface area contributed by atoms with Gasteiger partial charge < -0.3 is 11.1 Å². The molecule has 0 aliphatic carbocycles. The predicted molar refractivity (Wildman–Crippen MR) is 107 cm³/mol. The topological polar surface area (TPSA) is 119 Å². The number of nitrogens with one attached hydrogen (secondary N) is 1. The third-order valence-corrected chi connectivity index (χ3v) is 5.09. The van der Waals surface area contributed by atoms with Crippen molar-refractivity contribution in [1.29, 1.82) is 0 Å². The van der Waals surface area contributed by atoms with E-state index < -0.39 is 10.0 Å². The van der Waals surface area contributed by atoms with Crippen LogP contribution in [0.1, 0.15) is 11.1 Å². The molecule has 8 heteroatoms. The molecule has 146 valence electrons. The molecule has 0 unspecified atom stereocenters. The number of aryl methyl sites for hydroxylation is 1. The van der Waals surface area contributed by atoms with Gasteiger partial charge in [-0.25, -0.2) is 13.6 Å². The normalized spacial score (nSPS) is 11.6. The molecule has 5 N–H and O–H groups in total. The summed E-state index contributed by atoms with van der Waals surface area (Å²) >= 11 is 0. The predicted octanol–water partition coefficient (Wildman–Crippen LogP) is 1.08. The summed E-state index contributed by atoms with van der Waals surface area (Å²) < 4.78 is 23.0. The summed E-state index contributed by atoms with van der Waals surface area (Å²) in [5.41, 5.74) is 8.04. The Kier molecular flexibility index (Phi) is 7.49. The number of sulfonamides is 1. The van der Waals surface area contributed by atoms with E-state index in [0.717, 1.165) is 12.0 Å². The summed E-state index contributed by atoms with van der Waals surface area (Å²) in [6.07, 6.45) is 0.814. The number of hydrogen-bond donors (Lipinski definition) is 3. The number of nitrogens with two attached hydrogens (primary N) is 2. The Morgan fingerprint density at radius 2 is 1.81 bits per heavy atom. The molecule has 27 heavy (non-hydrogen) atoms. The lowest BCUT2D eigenvalue weighted by atomic mass is 10.1. The lowest BCUT2D eigenvalue weighted by Gasteiger charge is -2.21. The Morgan fingerprint density at radius 1 is 1.11 bits per heavy atom. The van der Waals surface area contributed by atoms with Crippen LogP contribution in [0.2, 0.25) is 0 Å². The van der Waals surface area contributed by atoms with Crippen LogP contribution in [0.4, 0.5) is 5.69 Å². The van der Waals surface area contributed by atoms with E-state index in [4.69, 9.17) is 10.9 Å². The van der Waals surface area contributed by atoms with Crippen molar-refractivity contribution < 1.29 is 13.2 Å². The second-order valence-electron chi connectivity index (χ2n) is 6.37. The molecule has 7 nitrogen and oxygen atoms in total. The maximum atomic E-state index is 12.4. The summed E-state index contributed by atoms with van der Waals surface area (Å²) in [4.78, 5) is 14.4. The summed E-state index contributed by atoms with van der Waals surface area (Å²) in [5.74, 6) is -0.230. The van der Waals surface area contributed by atoms with E-state index in [0.29, 0.717) is 25.3 Å². The van der Waals surface area contributed by atoms with Crippen LogP contribution in [0.25, 0.3) is 0 Å². The SMILES string of the molecule is Cc1ccc(S(N)(=O)=O)cc1NC(=O)CN(CCN)CCc1ccccc1. The first-order valence-electron chi connectivity index (χ1n) is 8.69. The Morgan fingerprint density at radius 3 is 2.44 bits per heavy atom. The third kappa shape index (κ3) is 6.76. The highest BCUT2D eigenvalue weighted by Gasteiger charge is 2.14. The number of carbonyl (C=O) groups is 1. The van der Waals surface area contributed by atoms with Crippen LogP contribution in [-0.2, 0) is 21.2 Å². The van der Waals surface area contributed by atoms with Crippen LogP contribution in [-0.4, -0.2) is 45.4 Å².